The van der Waals surface area contributed by atoms with Crippen molar-refractivity contribution in [3.63, 3.8) is 0 Å². The van der Waals surface area contributed by atoms with E-state index in [9.17, 15) is 4.79 Å². The average molecular weight is 270 g/mol. The van der Waals surface area contributed by atoms with E-state index in [1.54, 1.807) is 23.9 Å². The zero-order valence-electron chi connectivity index (χ0n) is 10.2. The van der Waals surface area contributed by atoms with Crippen LogP contribution in [0.25, 0.3) is 0 Å². The lowest BCUT2D eigenvalue weighted by Gasteiger charge is -2.06. The Morgan fingerprint density at radius 3 is 2.44 bits per heavy atom. The summed E-state index contributed by atoms with van der Waals surface area (Å²) in [6.07, 6.45) is 1.78. The Hall–Kier alpha value is -1.20. The Morgan fingerprint density at radius 2 is 1.83 bits per heavy atom. The molecule has 0 atom stereocenters. The van der Waals surface area contributed by atoms with Crippen molar-refractivity contribution in [1.29, 1.82) is 0 Å². The Morgan fingerprint density at radius 1 is 1.17 bits per heavy atom. The largest absolute Gasteiger partial charge is 0.494 e. The van der Waals surface area contributed by atoms with Crippen LogP contribution in [0.2, 0.25) is 0 Å². The van der Waals surface area contributed by atoms with Crippen LogP contribution in [0, 0.1) is 0 Å². The van der Waals surface area contributed by atoms with Gasteiger partial charge >= 0.3 is 5.97 Å². The number of ether oxygens (including phenoxy) is 1. The molecule has 0 amide bonds. The Bertz CT molecular complexity index is 351. The second kappa shape index (κ2) is 8.83. The smallest absolute Gasteiger partial charge is 0.335 e. The molecule has 0 spiro atoms. The molecule has 0 aliphatic rings. The lowest BCUT2D eigenvalue weighted by Crippen LogP contribution is -2.00. The number of thioether (sulfide) groups is 1. The molecule has 0 aliphatic heterocycles. The predicted molar refractivity (Wildman–Crippen MR) is 72.5 cm³/mol. The van der Waals surface area contributed by atoms with Crippen LogP contribution in [0.3, 0.4) is 0 Å². The van der Waals surface area contributed by atoms with E-state index in [2.05, 4.69) is 0 Å². The van der Waals surface area contributed by atoms with E-state index in [-0.39, 0.29) is 12.2 Å². The van der Waals surface area contributed by atoms with Crippen molar-refractivity contribution < 1.29 is 19.7 Å². The third kappa shape index (κ3) is 5.93. The van der Waals surface area contributed by atoms with E-state index in [0.29, 0.717) is 12.4 Å². The number of carboxylic acid groups (broad SMARTS) is 1. The van der Waals surface area contributed by atoms with Crippen molar-refractivity contribution in [1.82, 2.24) is 0 Å². The fraction of sp³-hybridized carbons (Fsp3) is 0.462. The second-order valence-corrected chi connectivity index (χ2v) is 4.95. The average Bonchev–Trinajstić information content (AvgIpc) is 2.38. The third-order valence-corrected chi connectivity index (χ3v) is 3.40. The monoisotopic (exact) mass is 270 g/mol. The van der Waals surface area contributed by atoms with Crippen molar-refractivity contribution in [3.8, 4) is 5.75 Å². The Kier molecular flexibility index (Phi) is 7.29. The molecule has 18 heavy (non-hydrogen) atoms. The van der Waals surface area contributed by atoms with Gasteiger partial charge in [0.1, 0.15) is 5.75 Å². The van der Waals surface area contributed by atoms with E-state index in [1.165, 1.54) is 12.1 Å². The maximum atomic E-state index is 10.6. The number of benzene rings is 1. The maximum Gasteiger partial charge on any atom is 0.335 e. The molecule has 0 bridgehead atoms. The molecule has 0 fully saturated rings. The topological polar surface area (TPSA) is 66.8 Å². The van der Waals surface area contributed by atoms with Crippen molar-refractivity contribution in [3.05, 3.63) is 29.8 Å². The highest BCUT2D eigenvalue weighted by Gasteiger charge is 2.01. The molecule has 0 unspecified atom stereocenters. The summed E-state index contributed by atoms with van der Waals surface area (Å²) in [6.45, 7) is 0.873. The minimum Gasteiger partial charge on any atom is -0.494 e. The van der Waals surface area contributed by atoms with E-state index in [0.717, 1.165) is 24.3 Å². The van der Waals surface area contributed by atoms with Gasteiger partial charge in [0, 0.05) is 6.61 Å². The minimum absolute atomic E-state index is 0.249. The summed E-state index contributed by atoms with van der Waals surface area (Å²) in [6, 6.07) is 6.41. The van der Waals surface area contributed by atoms with E-state index >= 15 is 0 Å². The molecule has 1 aromatic rings. The number of hydrogen-bond donors (Lipinski definition) is 2. The number of rotatable bonds is 9. The number of carbonyl (C=O) groups is 1. The molecule has 1 aromatic carbocycles. The van der Waals surface area contributed by atoms with Gasteiger partial charge in [-0.15, -0.1) is 0 Å². The highest BCUT2D eigenvalue weighted by atomic mass is 32.2. The lowest BCUT2D eigenvalue weighted by atomic mass is 10.2. The highest BCUT2D eigenvalue weighted by molar-refractivity contribution is 7.99. The number of carboxylic acids is 1. The van der Waals surface area contributed by atoms with Crippen LogP contribution in [0.1, 0.15) is 23.2 Å². The number of aromatic carboxylic acids is 1. The van der Waals surface area contributed by atoms with E-state index in [4.69, 9.17) is 14.9 Å². The minimum atomic E-state index is -0.929. The summed E-state index contributed by atoms with van der Waals surface area (Å²) in [5.41, 5.74) is 0.266. The number of hydrogen-bond acceptors (Lipinski definition) is 4. The van der Waals surface area contributed by atoms with Crippen molar-refractivity contribution >= 4 is 17.7 Å². The first-order chi connectivity index (χ1) is 8.74. The summed E-state index contributed by atoms with van der Waals surface area (Å²) >= 11 is 1.80. The summed E-state index contributed by atoms with van der Waals surface area (Å²) in [4.78, 5) is 10.6. The molecule has 0 saturated carbocycles. The second-order valence-electron chi connectivity index (χ2n) is 3.72. The fourth-order valence-electron chi connectivity index (χ4n) is 1.31. The first-order valence-corrected chi connectivity index (χ1v) is 7.04. The van der Waals surface area contributed by atoms with Gasteiger partial charge in [0.15, 0.2) is 0 Å². The summed E-state index contributed by atoms with van der Waals surface area (Å²) < 4.78 is 5.49. The molecule has 0 heterocycles. The molecule has 5 heteroatoms. The molecule has 0 aliphatic carbocycles. The molecule has 1 rings (SSSR count). The van der Waals surface area contributed by atoms with Crippen molar-refractivity contribution in [2.24, 2.45) is 0 Å². The fourth-order valence-corrected chi connectivity index (χ4v) is 2.17. The lowest BCUT2D eigenvalue weighted by molar-refractivity contribution is 0.0697. The van der Waals surface area contributed by atoms with Crippen LogP contribution in [0.15, 0.2) is 24.3 Å². The number of aliphatic hydroxyl groups excluding tert-OH is 1. The molecule has 0 saturated heterocycles. The van der Waals surface area contributed by atoms with Crippen LogP contribution < -0.4 is 4.74 Å². The first-order valence-electron chi connectivity index (χ1n) is 5.89. The molecule has 4 nitrogen and oxygen atoms in total. The molecule has 0 aromatic heterocycles. The van der Waals surface area contributed by atoms with Crippen LogP contribution >= 0.6 is 11.8 Å². The zero-order chi connectivity index (χ0) is 13.2. The molecule has 100 valence electrons. The maximum absolute atomic E-state index is 10.6. The summed E-state index contributed by atoms with van der Waals surface area (Å²) in [5, 5.41) is 17.3. The number of aliphatic hydroxyl groups is 1. The van der Waals surface area contributed by atoms with Crippen LogP contribution in [-0.4, -0.2) is 40.9 Å². The van der Waals surface area contributed by atoms with Gasteiger partial charge in [-0.3, -0.25) is 0 Å². The van der Waals surface area contributed by atoms with Gasteiger partial charge in [0.2, 0.25) is 0 Å². The van der Waals surface area contributed by atoms with Gasteiger partial charge in [-0.05, 0) is 48.6 Å². The van der Waals surface area contributed by atoms with E-state index < -0.39 is 5.97 Å². The van der Waals surface area contributed by atoms with Gasteiger partial charge in [0.05, 0.1) is 12.2 Å². The van der Waals surface area contributed by atoms with Crippen molar-refractivity contribution in [2.45, 2.75) is 12.8 Å². The highest BCUT2D eigenvalue weighted by Crippen LogP contribution is 2.13. The predicted octanol–water partition coefficient (Wildman–Crippen LogP) is 2.27. The van der Waals surface area contributed by atoms with E-state index in [1.807, 2.05) is 0 Å². The van der Waals surface area contributed by atoms with Crippen LogP contribution in [-0.2, 0) is 0 Å². The quantitative estimate of drug-likeness (QED) is 0.674. The Labute approximate surface area is 111 Å². The Balaban J connectivity index is 2.14. The molecular formula is C13H18O4S. The van der Waals surface area contributed by atoms with Crippen LogP contribution in [0.4, 0.5) is 0 Å². The van der Waals surface area contributed by atoms with Crippen molar-refractivity contribution in [2.75, 3.05) is 24.7 Å². The SMILES string of the molecule is O=C(O)c1ccc(OCCCSCCCO)cc1. The standard InChI is InChI=1S/C13H18O4S/c14-7-1-9-18-10-2-8-17-12-5-3-11(4-6-12)13(15)16/h3-6,14H,1-2,7-10H2,(H,15,16). The first kappa shape index (κ1) is 14.9. The van der Waals surface area contributed by atoms with Gasteiger partial charge in [-0.1, -0.05) is 0 Å². The molecule has 2 N–H and O–H groups in total. The van der Waals surface area contributed by atoms with Gasteiger partial charge in [-0.2, -0.15) is 11.8 Å². The molecule has 0 radical (unpaired) electrons. The van der Waals surface area contributed by atoms with Gasteiger partial charge < -0.3 is 14.9 Å². The molecular weight excluding hydrogens is 252 g/mol. The summed E-state index contributed by atoms with van der Waals surface area (Å²) in [5.74, 6) is 1.75. The summed E-state index contributed by atoms with van der Waals surface area (Å²) in [7, 11) is 0. The van der Waals surface area contributed by atoms with Gasteiger partial charge in [0.25, 0.3) is 0 Å². The van der Waals surface area contributed by atoms with Crippen LogP contribution in [0.5, 0.6) is 5.75 Å². The van der Waals surface area contributed by atoms with Gasteiger partial charge in [-0.25, -0.2) is 4.79 Å². The third-order valence-electron chi connectivity index (χ3n) is 2.25. The normalized spacial score (nSPS) is 10.3. The zero-order valence-corrected chi connectivity index (χ0v) is 11.0.